The Bertz CT molecular complexity index is 1060. The summed E-state index contributed by atoms with van der Waals surface area (Å²) in [4.78, 5) is 45.7. The van der Waals surface area contributed by atoms with Crippen molar-refractivity contribution in [1.29, 1.82) is 0 Å². The van der Waals surface area contributed by atoms with Crippen molar-refractivity contribution in [3.8, 4) is 11.4 Å². The second-order valence-corrected chi connectivity index (χ2v) is 6.94. The molecule has 3 rings (SSSR count). The Labute approximate surface area is 158 Å². The molecule has 0 fully saturated rings. The van der Waals surface area contributed by atoms with Crippen molar-refractivity contribution in [3.05, 3.63) is 45.8 Å². The Morgan fingerprint density at radius 2 is 2.19 bits per heavy atom. The van der Waals surface area contributed by atoms with Crippen LogP contribution in [0, 0.1) is 0 Å². The van der Waals surface area contributed by atoms with Crippen LogP contribution in [0.5, 0.6) is 0 Å². The number of carboxylic acid groups (broad SMARTS) is 1. The lowest BCUT2D eigenvalue weighted by molar-refractivity contribution is -0.122. The molecule has 1 unspecified atom stereocenters. The average Bonchev–Trinajstić information content (AvgIpc) is 3.09. The number of nitrogens with zero attached hydrogens (tertiary/aromatic N) is 3. The maximum atomic E-state index is 13.1. The van der Waals surface area contributed by atoms with Gasteiger partial charge in [-0.15, -0.1) is 11.3 Å². The van der Waals surface area contributed by atoms with Crippen LogP contribution in [-0.4, -0.2) is 37.6 Å². The molecule has 0 bridgehead atoms. The van der Waals surface area contributed by atoms with E-state index in [2.05, 4.69) is 15.3 Å². The van der Waals surface area contributed by atoms with Gasteiger partial charge in [-0.2, -0.15) is 0 Å². The molecule has 0 aliphatic heterocycles. The zero-order valence-corrected chi connectivity index (χ0v) is 15.6. The fourth-order valence-corrected chi connectivity index (χ4v) is 3.51. The topological polar surface area (TPSA) is 114 Å². The van der Waals surface area contributed by atoms with Crippen molar-refractivity contribution >= 4 is 33.4 Å². The number of hydrogen-bond donors (Lipinski definition) is 2. The molecule has 3 aromatic rings. The normalized spacial score (nSPS) is 12.1. The summed E-state index contributed by atoms with van der Waals surface area (Å²) in [5.41, 5.74) is -0.101. The van der Waals surface area contributed by atoms with Crippen LogP contribution in [0.25, 0.3) is 21.6 Å². The molecule has 3 aromatic heterocycles. The third-order valence-corrected chi connectivity index (χ3v) is 5.04. The maximum absolute atomic E-state index is 13.1. The molecule has 3 heterocycles. The number of aromatic nitrogens is 3. The van der Waals surface area contributed by atoms with E-state index < -0.39 is 11.5 Å². The minimum atomic E-state index is -1.20. The van der Waals surface area contributed by atoms with Gasteiger partial charge in [-0.05, 0) is 25.5 Å². The largest absolute Gasteiger partial charge is 0.478 e. The summed E-state index contributed by atoms with van der Waals surface area (Å²) in [5.74, 6) is -1.27. The zero-order valence-electron chi connectivity index (χ0n) is 14.8. The van der Waals surface area contributed by atoms with E-state index >= 15 is 0 Å². The van der Waals surface area contributed by atoms with Gasteiger partial charge in [0.25, 0.3) is 5.56 Å². The Hall–Kier alpha value is -3.07. The van der Waals surface area contributed by atoms with E-state index in [-0.39, 0.29) is 35.3 Å². The summed E-state index contributed by atoms with van der Waals surface area (Å²) in [5, 5.41) is 13.6. The highest BCUT2D eigenvalue weighted by molar-refractivity contribution is 7.17. The Morgan fingerprint density at radius 1 is 1.41 bits per heavy atom. The van der Waals surface area contributed by atoms with Gasteiger partial charge in [-0.3, -0.25) is 19.1 Å². The molecule has 2 N–H and O–H groups in total. The number of pyridine rings is 1. The number of rotatable bonds is 6. The van der Waals surface area contributed by atoms with Crippen molar-refractivity contribution in [1.82, 2.24) is 19.9 Å². The lowest BCUT2D eigenvalue weighted by Gasteiger charge is -2.15. The van der Waals surface area contributed by atoms with E-state index in [1.807, 2.05) is 13.8 Å². The average molecular weight is 386 g/mol. The second kappa shape index (κ2) is 7.67. The molecular weight excluding hydrogens is 368 g/mol. The highest BCUT2D eigenvalue weighted by Crippen LogP contribution is 2.25. The van der Waals surface area contributed by atoms with Gasteiger partial charge in [-0.1, -0.05) is 6.92 Å². The van der Waals surface area contributed by atoms with Crippen molar-refractivity contribution in [2.45, 2.75) is 32.9 Å². The fraction of sp³-hybridized carbons (Fsp3) is 0.278. The van der Waals surface area contributed by atoms with Crippen LogP contribution >= 0.6 is 11.3 Å². The molecule has 0 radical (unpaired) electrons. The van der Waals surface area contributed by atoms with Crippen molar-refractivity contribution < 1.29 is 14.7 Å². The van der Waals surface area contributed by atoms with Crippen LogP contribution < -0.4 is 10.9 Å². The first-order valence-corrected chi connectivity index (χ1v) is 9.25. The summed E-state index contributed by atoms with van der Waals surface area (Å²) < 4.78 is 1.20. The zero-order chi connectivity index (χ0) is 19.6. The standard InChI is InChI=1S/C18H18N4O4S/c1-3-10(2)20-13(23)8-22-15(11-5-4-6-19-7-11)21-16-14(17(22)24)12(9-27-16)18(25)26/h4-7,9-10H,3,8H2,1-2H3,(H,20,23)(H,25,26). The molecule has 1 amide bonds. The number of carboxylic acids is 1. The van der Waals surface area contributed by atoms with Crippen LogP contribution in [0.4, 0.5) is 0 Å². The molecule has 0 aliphatic carbocycles. The minimum absolute atomic E-state index is 0.0106. The monoisotopic (exact) mass is 386 g/mol. The number of fused-ring (bicyclic) bond motifs is 1. The first-order chi connectivity index (χ1) is 12.9. The van der Waals surface area contributed by atoms with E-state index in [0.717, 1.165) is 17.8 Å². The number of carbonyl (C=O) groups is 2. The van der Waals surface area contributed by atoms with Crippen LogP contribution in [0.1, 0.15) is 30.6 Å². The van der Waals surface area contributed by atoms with Gasteiger partial charge >= 0.3 is 5.97 Å². The number of hydrogen-bond acceptors (Lipinski definition) is 6. The fourth-order valence-electron chi connectivity index (χ4n) is 2.61. The van der Waals surface area contributed by atoms with E-state index in [0.29, 0.717) is 10.4 Å². The Morgan fingerprint density at radius 3 is 2.81 bits per heavy atom. The summed E-state index contributed by atoms with van der Waals surface area (Å²) >= 11 is 1.08. The lowest BCUT2D eigenvalue weighted by atomic mass is 10.2. The molecule has 0 saturated heterocycles. The summed E-state index contributed by atoms with van der Waals surface area (Å²) in [7, 11) is 0. The van der Waals surface area contributed by atoms with Gasteiger partial charge in [0.05, 0.1) is 10.9 Å². The maximum Gasteiger partial charge on any atom is 0.337 e. The van der Waals surface area contributed by atoms with Crippen molar-refractivity contribution in [2.75, 3.05) is 0 Å². The van der Waals surface area contributed by atoms with E-state index in [4.69, 9.17) is 0 Å². The highest BCUT2D eigenvalue weighted by Gasteiger charge is 2.21. The van der Waals surface area contributed by atoms with Crippen molar-refractivity contribution in [2.24, 2.45) is 0 Å². The van der Waals surface area contributed by atoms with Gasteiger partial charge < -0.3 is 10.4 Å². The SMILES string of the molecule is CCC(C)NC(=O)Cn1c(-c2cccnc2)nc2scc(C(=O)O)c2c1=O. The van der Waals surface area contributed by atoms with Crippen LogP contribution in [0.3, 0.4) is 0 Å². The number of aromatic carboxylic acids is 1. The Balaban J connectivity index is 2.19. The van der Waals surface area contributed by atoms with Gasteiger partial charge in [0.1, 0.15) is 17.2 Å². The number of thiophene rings is 1. The third kappa shape index (κ3) is 3.72. The van der Waals surface area contributed by atoms with Gasteiger partial charge in [0, 0.05) is 29.4 Å². The predicted molar refractivity (Wildman–Crippen MR) is 102 cm³/mol. The highest BCUT2D eigenvalue weighted by atomic mass is 32.1. The van der Waals surface area contributed by atoms with Crippen LogP contribution in [-0.2, 0) is 11.3 Å². The van der Waals surface area contributed by atoms with Crippen LogP contribution in [0.15, 0.2) is 34.7 Å². The van der Waals surface area contributed by atoms with E-state index in [1.165, 1.54) is 9.95 Å². The van der Waals surface area contributed by atoms with Crippen LogP contribution in [0.2, 0.25) is 0 Å². The molecule has 0 aliphatic rings. The quantitative estimate of drug-likeness (QED) is 0.671. The predicted octanol–water partition coefficient (Wildman–Crippen LogP) is 2.13. The molecule has 8 nitrogen and oxygen atoms in total. The summed E-state index contributed by atoms with van der Waals surface area (Å²) in [6.45, 7) is 3.55. The number of nitrogens with one attached hydrogen (secondary N) is 1. The van der Waals surface area contributed by atoms with Gasteiger partial charge in [0.2, 0.25) is 5.91 Å². The smallest absolute Gasteiger partial charge is 0.337 e. The molecule has 27 heavy (non-hydrogen) atoms. The molecule has 140 valence electrons. The van der Waals surface area contributed by atoms with E-state index in [1.54, 1.807) is 24.5 Å². The molecular formula is C18H18N4O4S. The molecule has 0 aromatic carbocycles. The van der Waals surface area contributed by atoms with Gasteiger partial charge in [-0.25, -0.2) is 9.78 Å². The molecule has 0 saturated carbocycles. The number of carbonyl (C=O) groups excluding carboxylic acids is 1. The second-order valence-electron chi connectivity index (χ2n) is 6.08. The number of amides is 1. The molecule has 9 heteroatoms. The van der Waals surface area contributed by atoms with Gasteiger partial charge in [0.15, 0.2) is 0 Å². The lowest BCUT2D eigenvalue weighted by Crippen LogP contribution is -2.38. The summed E-state index contributed by atoms with van der Waals surface area (Å²) in [6, 6.07) is 3.39. The third-order valence-electron chi connectivity index (χ3n) is 4.17. The first-order valence-electron chi connectivity index (χ1n) is 8.37. The molecule has 0 spiro atoms. The minimum Gasteiger partial charge on any atom is -0.478 e. The van der Waals surface area contributed by atoms with Crippen molar-refractivity contribution in [3.63, 3.8) is 0 Å². The first kappa shape index (κ1) is 18.7. The Kier molecular flexibility index (Phi) is 5.31. The van der Waals surface area contributed by atoms with E-state index in [9.17, 15) is 19.5 Å². The molecule has 1 atom stereocenters. The summed E-state index contributed by atoms with van der Waals surface area (Å²) in [6.07, 6.45) is 3.89.